The number of hydrogen-bond acceptors (Lipinski definition) is 9. The number of methoxy groups -OCH3 is 2. The monoisotopic (exact) mass is 668 g/mol. The second kappa shape index (κ2) is 16.5. The van der Waals surface area contributed by atoms with Crippen LogP contribution in [-0.4, -0.2) is 29.3 Å². The molecule has 0 aliphatic carbocycles. The van der Waals surface area contributed by atoms with Gasteiger partial charge in [-0.15, -0.1) is 11.6 Å². The van der Waals surface area contributed by atoms with Crippen LogP contribution in [0.25, 0.3) is 22.9 Å². The summed E-state index contributed by atoms with van der Waals surface area (Å²) in [6, 6.07) is 30.5. The number of aryl methyl sites for hydroxylation is 2. The highest BCUT2D eigenvalue weighted by atomic mass is 35.5. The highest BCUT2D eigenvalue weighted by molar-refractivity contribution is 6.17. The molecule has 0 saturated heterocycles. The van der Waals surface area contributed by atoms with Crippen molar-refractivity contribution in [1.82, 2.24) is 9.97 Å². The molecule has 0 radical (unpaired) electrons. The van der Waals surface area contributed by atoms with Crippen molar-refractivity contribution >= 4 is 11.6 Å². The maximum Gasteiger partial charge on any atom is 0.226 e. The molecule has 0 saturated carbocycles. The van der Waals surface area contributed by atoms with Gasteiger partial charge in [-0.25, -0.2) is 9.97 Å². The average Bonchev–Trinajstić information content (AvgIpc) is 3.71. The summed E-state index contributed by atoms with van der Waals surface area (Å²) in [4.78, 5) is 9.04. The van der Waals surface area contributed by atoms with E-state index >= 15 is 0 Å². The minimum absolute atomic E-state index is 0.0422. The third kappa shape index (κ3) is 8.56. The highest BCUT2D eigenvalue weighted by Crippen LogP contribution is 2.31. The van der Waals surface area contributed by atoms with Crippen molar-refractivity contribution in [3.8, 4) is 45.9 Å². The van der Waals surface area contributed by atoms with E-state index in [1.165, 1.54) is 0 Å². The first-order valence-corrected chi connectivity index (χ1v) is 15.8. The minimum atomic E-state index is -0.0422. The molecular weight excluding hydrogens is 632 g/mol. The van der Waals surface area contributed by atoms with E-state index in [4.69, 9.17) is 39.4 Å². The van der Waals surface area contributed by atoms with E-state index < -0.39 is 0 Å². The number of nitrogens with zero attached hydrogens (tertiary/aromatic N) is 2. The van der Waals surface area contributed by atoms with Gasteiger partial charge in [-0.2, -0.15) is 0 Å². The molecule has 6 aromatic rings. The second-order valence-electron chi connectivity index (χ2n) is 10.6. The number of aromatic nitrogens is 2. The van der Waals surface area contributed by atoms with Gasteiger partial charge in [0, 0.05) is 17.0 Å². The van der Waals surface area contributed by atoms with Gasteiger partial charge >= 0.3 is 0 Å². The summed E-state index contributed by atoms with van der Waals surface area (Å²) in [5.74, 6) is 5.53. The molecule has 248 valence electrons. The molecule has 0 aliphatic heterocycles. The van der Waals surface area contributed by atoms with Gasteiger partial charge < -0.3 is 32.9 Å². The predicted molar refractivity (Wildman–Crippen MR) is 183 cm³/mol. The lowest BCUT2D eigenvalue weighted by atomic mass is 10.2. The Hall–Kier alpha value is -5.25. The van der Waals surface area contributed by atoms with Gasteiger partial charge in [0.2, 0.25) is 11.8 Å². The lowest BCUT2D eigenvalue weighted by molar-refractivity contribution is 0.272. The summed E-state index contributed by atoms with van der Waals surface area (Å²) < 4.78 is 33.8. The Balaban J connectivity index is 0.000000188. The number of rotatable bonds is 12. The molecular formula is C38H37ClN2O7. The maximum atomic E-state index is 9.18. The molecule has 0 aliphatic rings. The first-order valence-electron chi connectivity index (χ1n) is 15.2. The van der Waals surface area contributed by atoms with Gasteiger partial charge in [-0.3, -0.25) is 0 Å². The number of ether oxygens (including phenoxy) is 4. The fourth-order valence-corrected chi connectivity index (χ4v) is 4.83. The van der Waals surface area contributed by atoms with E-state index in [9.17, 15) is 5.11 Å². The molecule has 0 amide bonds. The van der Waals surface area contributed by atoms with Crippen molar-refractivity contribution in [3.63, 3.8) is 0 Å². The zero-order valence-electron chi connectivity index (χ0n) is 27.2. The molecule has 2 aromatic heterocycles. The molecule has 9 nitrogen and oxygen atoms in total. The second-order valence-corrected chi connectivity index (χ2v) is 10.9. The van der Waals surface area contributed by atoms with Crippen LogP contribution in [0, 0.1) is 13.8 Å². The third-order valence-electron chi connectivity index (χ3n) is 7.35. The Bertz CT molecular complexity index is 1770. The predicted octanol–water partition coefficient (Wildman–Crippen LogP) is 8.71. The summed E-state index contributed by atoms with van der Waals surface area (Å²) in [5, 5.41) is 9.18. The minimum Gasteiger partial charge on any atom is -0.493 e. The molecule has 0 spiro atoms. The lowest BCUT2D eigenvalue weighted by Gasteiger charge is -2.10. The molecule has 1 N–H and O–H groups in total. The number of oxazole rings is 2. The van der Waals surface area contributed by atoms with Crippen LogP contribution in [-0.2, 0) is 25.7 Å². The number of benzene rings is 4. The van der Waals surface area contributed by atoms with Gasteiger partial charge in [-0.05, 0) is 73.5 Å². The van der Waals surface area contributed by atoms with Crippen LogP contribution in [0.15, 0.2) is 106 Å². The van der Waals surface area contributed by atoms with E-state index in [1.807, 2.05) is 92.7 Å². The smallest absolute Gasteiger partial charge is 0.226 e. The number of halogens is 1. The van der Waals surface area contributed by atoms with Crippen LogP contribution >= 0.6 is 11.6 Å². The number of hydrogen-bond donors (Lipinski definition) is 1. The van der Waals surface area contributed by atoms with Crippen LogP contribution in [0.5, 0.6) is 23.0 Å². The largest absolute Gasteiger partial charge is 0.493 e. The van der Waals surface area contributed by atoms with Gasteiger partial charge in [-0.1, -0.05) is 48.5 Å². The topological polar surface area (TPSA) is 109 Å². The molecule has 6 rings (SSSR count). The van der Waals surface area contributed by atoms with Crippen molar-refractivity contribution in [2.45, 2.75) is 39.5 Å². The van der Waals surface area contributed by atoms with Gasteiger partial charge in [0.25, 0.3) is 0 Å². The Morgan fingerprint density at radius 1 is 0.604 bits per heavy atom. The average molecular weight is 669 g/mol. The summed E-state index contributed by atoms with van der Waals surface area (Å²) in [5.41, 5.74) is 5.11. The Morgan fingerprint density at radius 2 is 1.04 bits per heavy atom. The zero-order valence-corrected chi connectivity index (χ0v) is 28.0. The van der Waals surface area contributed by atoms with Crippen LogP contribution in [0.3, 0.4) is 0 Å². The van der Waals surface area contributed by atoms with Gasteiger partial charge in [0.15, 0.2) is 23.0 Å². The quantitative estimate of drug-likeness (QED) is 0.128. The van der Waals surface area contributed by atoms with E-state index in [1.54, 1.807) is 32.4 Å². The fraction of sp³-hybridized carbons (Fsp3) is 0.211. The zero-order chi connectivity index (χ0) is 33.9. The van der Waals surface area contributed by atoms with Crippen molar-refractivity contribution in [2.24, 2.45) is 0 Å². The Kier molecular flexibility index (Phi) is 11.7. The third-order valence-corrected chi connectivity index (χ3v) is 7.66. The summed E-state index contributed by atoms with van der Waals surface area (Å²) in [6.45, 7) is 4.28. The van der Waals surface area contributed by atoms with Gasteiger partial charge in [0.05, 0.1) is 20.8 Å². The van der Waals surface area contributed by atoms with Crippen LogP contribution in [0.4, 0.5) is 0 Å². The first kappa shape index (κ1) is 34.1. The number of aliphatic hydroxyl groups is 1. The highest BCUT2D eigenvalue weighted by Gasteiger charge is 2.15. The van der Waals surface area contributed by atoms with E-state index in [0.29, 0.717) is 47.3 Å². The summed E-state index contributed by atoms with van der Waals surface area (Å²) in [6.07, 6.45) is 0. The van der Waals surface area contributed by atoms with Gasteiger partial charge in [0.1, 0.15) is 36.1 Å². The number of alkyl halides is 1. The first-order chi connectivity index (χ1) is 23.4. The molecule has 4 aromatic carbocycles. The van der Waals surface area contributed by atoms with Crippen LogP contribution in [0.2, 0.25) is 0 Å². The molecule has 2 heterocycles. The van der Waals surface area contributed by atoms with E-state index in [2.05, 4.69) is 9.97 Å². The van der Waals surface area contributed by atoms with Crippen molar-refractivity contribution < 1.29 is 32.9 Å². The number of aliphatic hydroxyl groups excluding tert-OH is 1. The van der Waals surface area contributed by atoms with E-state index in [-0.39, 0.29) is 13.2 Å². The molecule has 48 heavy (non-hydrogen) atoms. The lowest BCUT2D eigenvalue weighted by Crippen LogP contribution is -2.00. The summed E-state index contributed by atoms with van der Waals surface area (Å²) in [7, 11) is 3.17. The Labute approximate surface area is 284 Å². The van der Waals surface area contributed by atoms with Crippen molar-refractivity contribution in [2.75, 3.05) is 14.2 Å². The molecule has 0 unspecified atom stereocenters. The molecule has 0 fully saturated rings. The maximum absolute atomic E-state index is 9.18. The van der Waals surface area contributed by atoms with E-state index in [0.717, 1.165) is 45.2 Å². The molecule has 0 bridgehead atoms. The molecule has 10 heteroatoms. The van der Waals surface area contributed by atoms with Crippen LogP contribution < -0.4 is 18.9 Å². The fourth-order valence-electron chi connectivity index (χ4n) is 4.67. The summed E-state index contributed by atoms with van der Waals surface area (Å²) >= 11 is 5.84. The SMILES string of the molecule is COc1cc(CCl)ccc1OCc1nc(-c2ccccc2)oc1C.COc1cc(CO)ccc1OCc1nc(-c2ccccc2)oc1C. The van der Waals surface area contributed by atoms with Crippen LogP contribution in [0.1, 0.15) is 34.0 Å². The normalized spacial score (nSPS) is 10.6. The standard InChI is InChI=1S/C19H18ClNO3.C19H19NO4/c1-13-16(21-19(24-13)15-6-4-3-5-7-15)12-23-17-9-8-14(11-20)10-18(17)22-2;1-13-16(20-19(24-13)15-6-4-3-5-7-15)12-23-17-9-8-14(11-21)10-18(17)22-2/h3-10H,11-12H2,1-2H3;3-10,21H,11-12H2,1-2H3. The van der Waals surface area contributed by atoms with Crippen molar-refractivity contribution in [1.29, 1.82) is 0 Å². The van der Waals surface area contributed by atoms with Crippen molar-refractivity contribution in [3.05, 3.63) is 131 Å². The Morgan fingerprint density at radius 3 is 1.46 bits per heavy atom. The molecule has 0 atom stereocenters.